The summed E-state index contributed by atoms with van der Waals surface area (Å²) in [5.74, 6) is 0.711. The van der Waals surface area contributed by atoms with E-state index in [2.05, 4.69) is 5.32 Å². The van der Waals surface area contributed by atoms with Crippen LogP contribution in [0.15, 0.2) is 36.4 Å². The smallest absolute Gasteiger partial charge is 0.259 e. The monoisotopic (exact) mass is 339 g/mol. The Kier molecular flexibility index (Phi) is 5.52. The number of amides is 1. The fourth-order valence-electron chi connectivity index (χ4n) is 1.91. The first kappa shape index (κ1) is 16.5. The third-order valence-corrected chi connectivity index (χ3v) is 3.75. The Morgan fingerprint density at radius 3 is 2.68 bits per heavy atom. The van der Waals surface area contributed by atoms with E-state index in [9.17, 15) is 4.79 Å². The number of carbonyl (C=O) groups is 1. The Labute approximate surface area is 138 Å². The molecule has 0 aromatic heterocycles. The van der Waals surface area contributed by atoms with Crippen LogP contribution in [0.5, 0.6) is 11.5 Å². The van der Waals surface area contributed by atoms with E-state index >= 15 is 0 Å². The quantitative estimate of drug-likeness (QED) is 0.862. The fraction of sp³-hybridized carbons (Fsp3) is 0.188. The molecule has 1 amide bonds. The van der Waals surface area contributed by atoms with Crippen molar-refractivity contribution in [2.45, 2.75) is 6.92 Å². The number of hydrogen-bond donors (Lipinski definition) is 1. The van der Waals surface area contributed by atoms with Gasteiger partial charge in [0.25, 0.3) is 5.91 Å². The van der Waals surface area contributed by atoms with E-state index in [0.29, 0.717) is 39.4 Å². The largest absolute Gasteiger partial charge is 0.496 e. The van der Waals surface area contributed by atoms with Crippen molar-refractivity contribution in [2.24, 2.45) is 0 Å². The van der Waals surface area contributed by atoms with Gasteiger partial charge in [-0.1, -0.05) is 29.3 Å². The molecule has 6 heteroatoms. The van der Waals surface area contributed by atoms with E-state index < -0.39 is 0 Å². The van der Waals surface area contributed by atoms with Crippen molar-refractivity contribution in [3.63, 3.8) is 0 Å². The Morgan fingerprint density at radius 1 is 1.23 bits per heavy atom. The normalized spacial score (nSPS) is 10.2. The molecular formula is C16H15Cl2NO3. The third-order valence-electron chi connectivity index (χ3n) is 2.93. The van der Waals surface area contributed by atoms with Gasteiger partial charge >= 0.3 is 0 Å². The second kappa shape index (κ2) is 7.38. The van der Waals surface area contributed by atoms with Crippen LogP contribution < -0.4 is 14.8 Å². The zero-order chi connectivity index (χ0) is 16.1. The number of ether oxygens (including phenoxy) is 2. The van der Waals surface area contributed by atoms with E-state index in [1.54, 1.807) is 36.4 Å². The van der Waals surface area contributed by atoms with Crippen LogP contribution in [0.25, 0.3) is 0 Å². The molecule has 2 aromatic carbocycles. The molecule has 0 bridgehead atoms. The zero-order valence-electron chi connectivity index (χ0n) is 12.2. The molecule has 0 saturated heterocycles. The first-order valence-electron chi connectivity index (χ1n) is 6.63. The molecule has 0 spiro atoms. The average molecular weight is 340 g/mol. The maximum Gasteiger partial charge on any atom is 0.259 e. The number of benzene rings is 2. The molecule has 1 N–H and O–H groups in total. The maximum absolute atomic E-state index is 12.4. The molecule has 4 nitrogen and oxygen atoms in total. The molecule has 0 heterocycles. The number of methoxy groups -OCH3 is 1. The first-order valence-corrected chi connectivity index (χ1v) is 7.38. The molecule has 0 unspecified atom stereocenters. The van der Waals surface area contributed by atoms with Crippen molar-refractivity contribution in [1.29, 1.82) is 0 Å². The molecule has 0 aliphatic heterocycles. The highest BCUT2D eigenvalue weighted by molar-refractivity contribution is 6.44. The molecule has 0 aliphatic rings. The Morgan fingerprint density at radius 2 is 2.00 bits per heavy atom. The molecule has 2 aromatic rings. The summed E-state index contributed by atoms with van der Waals surface area (Å²) < 4.78 is 10.6. The average Bonchev–Trinajstić information content (AvgIpc) is 2.52. The summed E-state index contributed by atoms with van der Waals surface area (Å²) in [6.45, 7) is 2.42. The summed E-state index contributed by atoms with van der Waals surface area (Å²) in [7, 11) is 1.49. The minimum atomic E-state index is -0.343. The van der Waals surface area contributed by atoms with Crippen LogP contribution in [0.4, 0.5) is 5.69 Å². The first-order chi connectivity index (χ1) is 10.6. The van der Waals surface area contributed by atoms with Gasteiger partial charge in [-0.15, -0.1) is 0 Å². The van der Waals surface area contributed by atoms with Crippen molar-refractivity contribution in [3.05, 3.63) is 52.0 Å². The molecule has 2 rings (SSSR count). The van der Waals surface area contributed by atoms with Gasteiger partial charge in [0.05, 0.1) is 35.0 Å². The predicted octanol–water partition coefficient (Wildman–Crippen LogP) is 4.65. The third kappa shape index (κ3) is 3.64. The Hall–Kier alpha value is -1.91. The zero-order valence-corrected chi connectivity index (χ0v) is 13.7. The highest BCUT2D eigenvalue weighted by atomic mass is 35.5. The lowest BCUT2D eigenvalue weighted by Crippen LogP contribution is -2.13. The van der Waals surface area contributed by atoms with Crippen LogP contribution >= 0.6 is 23.2 Å². The minimum absolute atomic E-state index is 0.294. The van der Waals surface area contributed by atoms with Crippen molar-refractivity contribution in [1.82, 2.24) is 0 Å². The maximum atomic E-state index is 12.4. The Balaban J connectivity index is 2.27. The van der Waals surface area contributed by atoms with Crippen LogP contribution in [-0.4, -0.2) is 19.6 Å². The summed E-state index contributed by atoms with van der Waals surface area (Å²) in [5, 5.41) is 3.38. The molecule has 0 atom stereocenters. The van der Waals surface area contributed by atoms with E-state index in [4.69, 9.17) is 32.7 Å². The molecule has 0 radical (unpaired) electrons. The Bertz CT molecular complexity index is 689. The highest BCUT2D eigenvalue weighted by Gasteiger charge is 2.15. The van der Waals surface area contributed by atoms with E-state index in [1.807, 2.05) is 6.92 Å². The highest BCUT2D eigenvalue weighted by Crippen LogP contribution is 2.31. The molecule has 0 aliphatic carbocycles. The standard InChI is InChI=1S/C16H15Cl2NO3/c1-3-22-10-7-8-11(14(9-10)21-2)16(20)19-13-6-4-5-12(17)15(13)18/h4-9H,3H2,1-2H3,(H,19,20). The number of nitrogens with one attached hydrogen (secondary N) is 1. The van der Waals surface area contributed by atoms with Gasteiger partial charge in [0, 0.05) is 6.07 Å². The minimum Gasteiger partial charge on any atom is -0.496 e. The van der Waals surface area contributed by atoms with Gasteiger partial charge < -0.3 is 14.8 Å². The summed E-state index contributed by atoms with van der Waals surface area (Å²) in [6, 6.07) is 10.0. The number of hydrogen-bond acceptors (Lipinski definition) is 3. The fourth-order valence-corrected chi connectivity index (χ4v) is 2.25. The van der Waals surface area contributed by atoms with E-state index in [-0.39, 0.29) is 5.91 Å². The van der Waals surface area contributed by atoms with Crippen LogP contribution in [-0.2, 0) is 0 Å². The van der Waals surface area contributed by atoms with Gasteiger partial charge in [-0.3, -0.25) is 4.79 Å². The summed E-state index contributed by atoms with van der Waals surface area (Å²) in [5.41, 5.74) is 0.817. The van der Waals surface area contributed by atoms with Crippen LogP contribution in [0.2, 0.25) is 10.0 Å². The summed E-state index contributed by atoms with van der Waals surface area (Å²) in [6.07, 6.45) is 0. The summed E-state index contributed by atoms with van der Waals surface area (Å²) in [4.78, 5) is 12.4. The van der Waals surface area contributed by atoms with Crippen molar-refractivity contribution in [2.75, 3.05) is 19.0 Å². The van der Waals surface area contributed by atoms with E-state index in [0.717, 1.165) is 0 Å². The predicted molar refractivity (Wildman–Crippen MR) is 88.6 cm³/mol. The summed E-state index contributed by atoms with van der Waals surface area (Å²) >= 11 is 12.0. The van der Waals surface area contributed by atoms with Gasteiger partial charge in [-0.2, -0.15) is 0 Å². The van der Waals surface area contributed by atoms with Gasteiger partial charge in [0.15, 0.2) is 0 Å². The van der Waals surface area contributed by atoms with Crippen LogP contribution in [0.1, 0.15) is 17.3 Å². The van der Waals surface area contributed by atoms with Crippen molar-refractivity contribution >= 4 is 34.8 Å². The van der Waals surface area contributed by atoms with Crippen LogP contribution in [0.3, 0.4) is 0 Å². The van der Waals surface area contributed by atoms with Crippen molar-refractivity contribution < 1.29 is 14.3 Å². The SMILES string of the molecule is CCOc1ccc(C(=O)Nc2cccc(Cl)c2Cl)c(OC)c1. The second-order valence-electron chi connectivity index (χ2n) is 4.35. The molecule has 116 valence electrons. The van der Waals surface area contributed by atoms with Gasteiger partial charge in [0.2, 0.25) is 0 Å². The molecule has 22 heavy (non-hydrogen) atoms. The lowest BCUT2D eigenvalue weighted by atomic mass is 10.1. The number of carbonyl (C=O) groups excluding carboxylic acids is 1. The number of anilines is 1. The molecular weight excluding hydrogens is 325 g/mol. The van der Waals surface area contributed by atoms with E-state index in [1.165, 1.54) is 7.11 Å². The molecule has 0 saturated carbocycles. The lowest BCUT2D eigenvalue weighted by molar-refractivity contribution is 0.102. The topological polar surface area (TPSA) is 47.6 Å². The lowest BCUT2D eigenvalue weighted by Gasteiger charge is -2.12. The van der Waals surface area contributed by atoms with Crippen LogP contribution in [0, 0.1) is 0 Å². The number of halogens is 2. The van der Waals surface area contributed by atoms with Gasteiger partial charge in [0.1, 0.15) is 11.5 Å². The second-order valence-corrected chi connectivity index (χ2v) is 5.14. The van der Waals surface area contributed by atoms with Gasteiger partial charge in [-0.05, 0) is 31.2 Å². The van der Waals surface area contributed by atoms with Crippen molar-refractivity contribution in [3.8, 4) is 11.5 Å². The number of rotatable bonds is 5. The molecule has 0 fully saturated rings. The van der Waals surface area contributed by atoms with Gasteiger partial charge in [-0.25, -0.2) is 0 Å².